The summed E-state index contributed by atoms with van der Waals surface area (Å²) in [4.78, 5) is 20.4. The number of hydrazine groups is 1. The Bertz CT molecular complexity index is 154. The fourth-order valence-electron chi connectivity index (χ4n) is 0.388. The van der Waals surface area contributed by atoms with Gasteiger partial charge in [-0.1, -0.05) is 0 Å². The molecule has 6 nitrogen and oxygen atoms in total. The number of carbonyl (C=O) groups is 2. The van der Waals surface area contributed by atoms with E-state index in [4.69, 9.17) is 10.8 Å². The monoisotopic (exact) mass is 219 g/mol. The van der Waals surface area contributed by atoms with Gasteiger partial charge in [0.1, 0.15) is 0 Å². The molecule has 0 aromatic heterocycles. The first-order valence-electron chi connectivity index (χ1n) is 2.55. The summed E-state index contributed by atoms with van der Waals surface area (Å²) in [6.07, 6.45) is -0.414. The third kappa shape index (κ3) is 7.55. The van der Waals surface area contributed by atoms with E-state index in [1.165, 1.54) is 0 Å². The van der Waals surface area contributed by atoms with Gasteiger partial charge in [-0.2, -0.15) is 0 Å². The zero-order valence-corrected chi connectivity index (χ0v) is 7.65. The van der Waals surface area contributed by atoms with Crippen LogP contribution in [0.25, 0.3) is 0 Å². The average Bonchev–Trinajstić information content (AvgIpc) is 1.85. The molecule has 0 rings (SSSR count). The molecule has 0 heterocycles. The van der Waals surface area contributed by atoms with E-state index in [9.17, 15) is 9.59 Å². The molecule has 74 valence electrons. The number of nitrogens with one attached hydrogen (secondary N) is 1. The molecule has 8 heteroatoms. The van der Waals surface area contributed by atoms with Crippen LogP contribution in [0.3, 0.4) is 0 Å². The highest BCUT2D eigenvalue weighted by atomic mass is 35.5. The minimum absolute atomic E-state index is 0. The summed E-state index contributed by atoms with van der Waals surface area (Å²) < 4.78 is 0. The second-order valence-electron chi connectivity index (χ2n) is 1.71. The lowest BCUT2D eigenvalue weighted by Crippen LogP contribution is -2.44. The number of aliphatic carboxylic acids is 1. The van der Waals surface area contributed by atoms with E-state index in [0.29, 0.717) is 0 Å². The zero-order valence-electron chi connectivity index (χ0n) is 6.02. The molecule has 0 bridgehead atoms. The van der Waals surface area contributed by atoms with E-state index in [0.717, 1.165) is 0 Å². The molecule has 0 fully saturated rings. The van der Waals surface area contributed by atoms with Crippen molar-refractivity contribution in [3.8, 4) is 0 Å². The summed E-state index contributed by atoms with van der Waals surface area (Å²) in [5, 5.41) is 8.13. The van der Waals surface area contributed by atoms with E-state index in [1.807, 2.05) is 0 Å². The summed E-state index contributed by atoms with van der Waals surface area (Å²) in [7, 11) is 0. The minimum atomic E-state index is -1.13. The smallest absolute Gasteiger partial charge is 0.305 e. The molecule has 6 N–H and O–H groups in total. The lowest BCUT2D eigenvalue weighted by molar-refractivity contribution is -0.139. The molecule has 0 aliphatic carbocycles. The van der Waals surface area contributed by atoms with Crippen LogP contribution in [-0.2, 0) is 9.59 Å². The molecule has 1 amide bonds. The van der Waals surface area contributed by atoms with Crippen LogP contribution in [0, 0.1) is 0 Å². The standard InChI is InChI=1S/C4H9N3O3.2ClH/c5-2(1-3(8)9)4(10)7-6;;/h2H,1,5-6H2,(H,7,10)(H,8,9);2*1H. The van der Waals surface area contributed by atoms with Crippen molar-refractivity contribution in [1.29, 1.82) is 0 Å². The Labute approximate surface area is 81.5 Å². The second kappa shape index (κ2) is 8.54. The van der Waals surface area contributed by atoms with E-state index < -0.39 is 24.3 Å². The molecule has 0 aliphatic heterocycles. The first kappa shape index (κ1) is 17.5. The third-order valence-electron chi connectivity index (χ3n) is 0.874. The van der Waals surface area contributed by atoms with Crippen LogP contribution in [-0.4, -0.2) is 23.0 Å². The SMILES string of the molecule is Cl.Cl.NNC(=O)C(N)CC(=O)O. The van der Waals surface area contributed by atoms with E-state index in [2.05, 4.69) is 5.84 Å². The lowest BCUT2D eigenvalue weighted by atomic mass is 10.2. The molecule has 0 aliphatic rings. The van der Waals surface area contributed by atoms with Crippen molar-refractivity contribution in [1.82, 2.24) is 5.43 Å². The molecule has 0 saturated carbocycles. The van der Waals surface area contributed by atoms with Gasteiger partial charge in [0, 0.05) is 0 Å². The molecule has 1 unspecified atom stereocenters. The maximum atomic E-state index is 10.4. The van der Waals surface area contributed by atoms with E-state index in [-0.39, 0.29) is 24.8 Å². The van der Waals surface area contributed by atoms with E-state index >= 15 is 0 Å². The molecule has 12 heavy (non-hydrogen) atoms. The van der Waals surface area contributed by atoms with Gasteiger partial charge in [-0.3, -0.25) is 15.0 Å². The van der Waals surface area contributed by atoms with Crippen molar-refractivity contribution in [2.45, 2.75) is 12.5 Å². The maximum absolute atomic E-state index is 10.4. The summed E-state index contributed by atoms with van der Waals surface area (Å²) in [6, 6.07) is -1.07. The number of halogens is 2. The molecule has 0 aromatic carbocycles. The molecular formula is C4H11Cl2N3O3. The molecular weight excluding hydrogens is 209 g/mol. The second-order valence-corrected chi connectivity index (χ2v) is 1.71. The number of hydrogen-bond acceptors (Lipinski definition) is 4. The number of amides is 1. The van der Waals surface area contributed by atoms with Gasteiger partial charge in [0.25, 0.3) is 5.91 Å². The summed E-state index contributed by atoms with van der Waals surface area (Å²) >= 11 is 0. The number of carboxylic acids is 1. The average molecular weight is 220 g/mol. The Hall–Kier alpha value is -0.560. The topological polar surface area (TPSA) is 118 Å². The number of hydrogen-bond donors (Lipinski definition) is 4. The van der Waals surface area contributed by atoms with Gasteiger partial charge in [0.05, 0.1) is 12.5 Å². The first-order chi connectivity index (χ1) is 4.57. The van der Waals surface area contributed by atoms with Crippen molar-refractivity contribution >= 4 is 36.7 Å². The molecule has 0 saturated heterocycles. The van der Waals surface area contributed by atoms with Gasteiger partial charge >= 0.3 is 5.97 Å². The third-order valence-corrected chi connectivity index (χ3v) is 0.874. The lowest BCUT2D eigenvalue weighted by Gasteiger charge is -2.04. The van der Waals surface area contributed by atoms with Crippen molar-refractivity contribution in [3.05, 3.63) is 0 Å². The predicted octanol–water partition coefficient (Wildman–Crippen LogP) is -1.38. The van der Waals surface area contributed by atoms with Crippen LogP contribution >= 0.6 is 24.8 Å². The van der Waals surface area contributed by atoms with Crippen LogP contribution in [0.1, 0.15) is 6.42 Å². The van der Waals surface area contributed by atoms with Gasteiger partial charge < -0.3 is 10.8 Å². The summed E-state index contributed by atoms with van der Waals surface area (Å²) in [5.41, 5.74) is 6.80. The van der Waals surface area contributed by atoms with Crippen LogP contribution in [0.5, 0.6) is 0 Å². The highest BCUT2D eigenvalue weighted by molar-refractivity contribution is 5.86. The fourth-order valence-corrected chi connectivity index (χ4v) is 0.388. The molecule has 0 aromatic rings. The normalized spacial score (nSPS) is 10.2. The Morgan fingerprint density at radius 1 is 1.42 bits per heavy atom. The Kier molecular flexibility index (Phi) is 12.5. The van der Waals surface area contributed by atoms with Gasteiger partial charge in [0.15, 0.2) is 0 Å². The van der Waals surface area contributed by atoms with Gasteiger partial charge in [-0.15, -0.1) is 24.8 Å². The van der Waals surface area contributed by atoms with Crippen molar-refractivity contribution in [2.24, 2.45) is 11.6 Å². The van der Waals surface area contributed by atoms with Crippen molar-refractivity contribution in [2.75, 3.05) is 0 Å². The zero-order chi connectivity index (χ0) is 8.15. The van der Waals surface area contributed by atoms with Crippen LogP contribution < -0.4 is 17.0 Å². The fraction of sp³-hybridized carbons (Fsp3) is 0.500. The first-order valence-corrected chi connectivity index (χ1v) is 2.55. The highest BCUT2D eigenvalue weighted by Gasteiger charge is 2.14. The van der Waals surface area contributed by atoms with Crippen LogP contribution in [0.15, 0.2) is 0 Å². The van der Waals surface area contributed by atoms with Crippen LogP contribution in [0.2, 0.25) is 0 Å². The van der Waals surface area contributed by atoms with Crippen LogP contribution in [0.4, 0.5) is 0 Å². The quantitative estimate of drug-likeness (QED) is 0.265. The minimum Gasteiger partial charge on any atom is -0.481 e. The Balaban J connectivity index is -0.000000405. The maximum Gasteiger partial charge on any atom is 0.305 e. The summed E-state index contributed by atoms with van der Waals surface area (Å²) in [6.45, 7) is 0. The predicted molar refractivity (Wildman–Crippen MR) is 47.1 cm³/mol. The van der Waals surface area contributed by atoms with Gasteiger partial charge in [-0.25, -0.2) is 5.84 Å². The number of carboxylic acid groups (broad SMARTS) is 1. The van der Waals surface area contributed by atoms with Gasteiger partial charge in [-0.05, 0) is 0 Å². The number of carbonyl (C=O) groups excluding carboxylic acids is 1. The largest absolute Gasteiger partial charge is 0.481 e. The Morgan fingerprint density at radius 2 is 1.83 bits per heavy atom. The van der Waals surface area contributed by atoms with Crippen molar-refractivity contribution in [3.63, 3.8) is 0 Å². The molecule has 0 radical (unpaired) electrons. The molecule has 1 atom stereocenters. The number of rotatable bonds is 3. The summed E-state index contributed by atoms with van der Waals surface area (Å²) in [5.74, 6) is 2.87. The highest BCUT2D eigenvalue weighted by Crippen LogP contribution is 1.85. The number of nitrogens with two attached hydrogens (primary N) is 2. The van der Waals surface area contributed by atoms with E-state index in [1.54, 1.807) is 5.43 Å². The van der Waals surface area contributed by atoms with Crippen molar-refractivity contribution < 1.29 is 14.7 Å². The van der Waals surface area contributed by atoms with Gasteiger partial charge in [0.2, 0.25) is 0 Å². The molecule has 0 spiro atoms. The Morgan fingerprint density at radius 3 is 2.08 bits per heavy atom.